The van der Waals surface area contributed by atoms with Gasteiger partial charge in [0.15, 0.2) is 11.5 Å². The summed E-state index contributed by atoms with van der Waals surface area (Å²) in [6, 6.07) is 5.45. The number of methoxy groups -OCH3 is 2. The van der Waals surface area contributed by atoms with E-state index in [1.165, 1.54) is 0 Å². The summed E-state index contributed by atoms with van der Waals surface area (Å²) in [6.45, 7) is 2.42. The van der Waals surface area contributed by atoms with Crippen LogP contribution in [0.4, 0.5) is 0 Å². The van der Waals surface area contributed by atoms with Crippen LogP contribution in [0.25, 0.3) is 0 Å². The van der Waals surface area contributed by atoms with Crippen molar-refractivity contribution < 1.29 is 14.3 Å². The first-order chi connectivity index (χ1) is 9.88. The Kier molecular flexibility index (Phi) is 6.42. The number of rotatable bonds is 7. The molecule has 0 fully saturated rings. The highest BCUT2D eigenvalue weighted by Gasteiger charge is 2.15. The maximum atomic E-state index is 12.2. The van der Waals surface area contributed by atoms with Crippen LogP contribution in [0.1, 0.15) is 12.5 Å². The molecule has 0 aromatic heterocycles. The van der Waals surface area contributed by atoms with Crippen molar-refractivity contribution in [2.45, 2.75) is 13.3 Å². The first-order valence-electron chi connectivity index (χ1n) is 6.63. The molecule has 1 rings (SSSR count). The molecule has 0 bridgehead atoms. The van der Waals surface area contributed by atoms with Crippen molar-refractivity contribution in [3.63, 3.8) is 0 Å². The van der Waals surface area contributed by atoms with E-state index in [4.69, 9.17) is 27.4 Å². The van der Waals surface area contributed by atoms with Gasteiger partial charge < -0.3 is 20.1 Å². The average Bonchev–Trinajstić information content (AvgIpc) is 2.46. The minimum Gasteiger partial charge on any atom is -0.493 e. The number of nitrogens with zero attached hydrogens (tertiary/aromatic N) is 1. The SMILES string of the molecule is COc1ccc(CC(=O)N(C)CC(C)C(N)=S)cc1OC. The molecule has 21 heavy (non-hydrogen) atoms. The van der Waals surface area contributed by atoms with Gasteiger partial charge in [-0.3, -0.25) is 4.79 Å². The first-order valence-corrected chi connectivity index (χ1v) is 7.04. The van der Waals surface area contributed by atoms with Crippen LogP contribution in [0, 0.1) is 5.92 Å². The largest absolute Gasteiger partial charge is 0.493 e. The van der Waals surface area contributed by atoms with Gasteiger partial charge in [-0.15, -0.1) is 0 Å². The number of carbonyl (C=O) groups excluding carboxylic acids is 1. The summed E-state index contributed by atoms with van der Waals surface area (Å²) in [7, 11) is 4.89. The van der Waals surface area contributed by atoms with Crippen LogP contribution in [-0.4, -0.2) is 43.6 Å². The Morgan fingerprint density at radius 3 is 2.48 bits per heavy atom. The van der Waals surface area contributed by atoms with Crippen molar-refractivity contribution >= 4 is 23.1 Å². The van der Waals surface area contributed by atoms with Gasteiger partial charge in [-0.1, -0.05) is 25.2 Å². The second-order valence-corrected chi connectivity index (χ2v) is 5.42. The van der Waals surface area contributed by atoms with Crippen molar-refractivity contribution in [1.29, 1.82) is 0 Å². The molecule has 1 amide bonds. The zero-order valence-corrected chi connectivity index (χ0v) is 13.7. The molecule has 1 unspecified atom stereocenters. The monoisotopic (exact) mass is 310 g/mol. The third-order valence-electron chi connectivity index (χ3n) is 3.26. The van der Waals surface area contributed by atoms with Crippen LogP contribution in [-0.2, 0) is 11.2 Å². The first kappa shape index (κ1) is 17.2. The normalized spacial score (nSPS) is 11.6. The summed E-state index contributed by atoms with van der Waals surface area (Å²) in [6.07, 6.45) is 0.293. The van der Waals surface area contributed by atoms with Gasteiger partial charge in [0.25, 0.3) is 0 Å². The molecular formula is C15H22N2O3S. The van der Waals surface area contributed by atoms with Gasteiger partial charge in [-0.05, 0) is 17.7 Å². The van der Waals surface area contributed by atoms with Crippen LogP contribution in [0.3, 0.4) is 0 Å². The molecule has 0 spiro atoms. The Labute approximate surface area is 131 Å². The highest BCUT2D eigenvalue weighted by atomic mass is 32.1. The van der Waals surface area contributed by atoms with Gasteiger partial charge in [0.1, 0.15) is 0 Å². The van der Waals surface area contributed by atoms with E-state index in [0.717, 1.165) is 5.56 Å². The molecule has 6 heteroatoms. The van der Waals surface area contributed by atoms with Crippen LogP contribution < -0.4 is 15.2 Å². The van der Waals surface area contributed by atoms with Gasteiger partial charge in [0, 0.05) is 19.5 Å². The molecule has 1 aromatic carbocycles. The lowest BCUT2D eigenvalue weighted by Crippen LogP contribution is -2.36. The number of likely N-dealkylation sites (N-methyl/N-ethyl adjacent to an activating group) is 1. The molecule has 0 saturated heterocycles. The standard InChI is InChI=1S/C15H22N2O3S/c1-10(15(16)21)9-17(2)14(18)8-11-5-6-12(19-3)13(7-11)20-4/h5-7,10H,8-9H2,1-4H3,(H2,16,21). The van der Waals surface area contributed by atoms with E-state index < -0.39 is 0 Å². The Morgan fingerprint density at radius 1 is 1.33 bits per heavy atom. The van der Waals surface area contributed by atoms with Crippen molar-refractivity contribution in [3.05, 3.63) is 23.8 Å². The lowest BCUT2D eigenvalue weighted by Gasteiger charge is -2.21. The number of ether oxygens (including phenoxy) is 2. The van der Waals surface area contributed by atoms with Gasteiger partial charge in [-0.25, -0.2) is 0 Å². The second-order valence-electron chi connectivity index (χ2n) is 4.94. The fraction of sp³-hybridized carbons (Fsp3) is 0.467. The van der Waals surface area contributed by atoms with Crippen molar-refractivity contribution in [1.82, 2.24) is 4.90 Å². The number of hydrogen-bond donors (Lipinski definition) is 1. The molecule has 5 nitrogen and oxygen atoms in total. The van der Waals surface area contributed by atoms with Gasteiger partial charge in [-0.2, -0.15) is 0 Å². The number of amides is 1. The van der Waals surface area contributed by atoms with Crippen molar-refractivity contribution in [2.24, 2.45) is 11.7 Å². The minimum atomic E-state index is -0.000599. The zero-order chi connectivity index (χ0) is 16.0. The van der Waals surface area contributed by atoms with E-state index in [9.17, 15) is 4.79 Å². The predicted molar refractivity (Wildman–Crippen MR) is 86.8 cm³/mol. The molecular weight excluding hydrogens is 288 g/mol. The van der Waals surface area contributed by atoms with Gasteiger partial charge >= 0.3 is 0 Å². The van der Waals surface area contributed by atoms with E-state index in [-0.39, 0.29) is 11.8 Å². The lowest BCUT2D eigenvalue weighted by molar-refractivity contribution is -0.129. The number of nitrogens with two attached hydrogens (primary N) is 1. The summed E-state index contributed by atoms with van der Waals surface area (Å²) >= 11 is 4.92. The van der Waals surface area contributed by atoms with E-state index in [0.29, 0.717) is 29.5 Å². The number of carbonyl (C=O) groups is 1. The predicted octanol–water partition coefficient (Wildman–Crippen LogP) is 1.63. The summed E-state index contributed by atoms with van der Waals surface area (Å²) in [5.41, 5.74) is 6.44. The zero-order valence-electron chi connectivity index (χ0n) is 12.9. The molecule has 2 N–H and O–H groups in total. The Hall–Kier alpha value is -1.82. The van der Waals surface area contributed by atoms with E-state index in [1.807, 2.05) is 19.1 Å². The smallest absolute Gasteiger partial charge is 0.226 e. The average molecular weight is 310 g/mol. The van der Waals surface area contributed by atoms with E-state index in [2.05, 4.69) is 0 Å². The van der Waals surface area contributed by atoms with Crippen LogP contribution in [0.15, 0.2) is 18.2 Å². The highest BCUT2D eigenvalue weighted by Crippen LogP contribution is 2.27. The minimum absolute atomic E-state index is 0.000599. The molecule has 0 radical (unpaired) electrons. The topological polar surface area (TPSA) is 64.8 Å². The van der Waals surface area contributed by atoms with Gasteiger partial charge in [0.2, 0.25) is 5.91 Å². The van der Waals surface area contributed by atoms with E-state index in [1.54, 1.807) is 32.2 Å². The van der Waals surface area contributed by atoms with Crippen molar-refractivity contribution in [3.8, 4) is 11.5 Å². The van der Waals surface area contributed by atoms with Crippen molar-refractivity contribution in [2.75, 3.05) is 27.8 Å². The number of hydrogen-bond acceptors (Lipinski definition) is 4. The third kappa shape index (κ3) is 4.90. The molecule has 0 aliphatic rings. The highest BCUT2D eigenvalue weighted by molar-refractivity contribution is 7.80. The molecule has 0 heterocycles. The Bertz CT molecular complexity index is 520. The van der Waals surface area contributed by atoms with Gasteiger partial charge in [0.05, 0.1) is 25.6 Å². The molecule has 0 aliphatic heterocycles. The Balaban J connectivity index is 2.72. The molecule has 0 aliphatic carbocycles. The summed E-state index contributed by atoms with van der Waals surface area (Å²) in [5, 5.41) is 0. The number of benzene rings is 1. The molecule has 116 valence electrons. The van der Waals surface area contributed by atoms with Crippen LogP contribution >= 0.6 is 12.2 Å². The molecule has 1 aromatic rings. The quantitative estimate of drug-likeness (QED) is 0.775. The summed E-state index contributed by atoms with van der Waals surface area (Å²) in [4.78, 5) is 14.3. The third-order valence-corrected chi connectivity index (χ3v) is 3.66. The lowest BCUT2D eigenvalue weighted by atomic mass is 10.1. The summed E-state index contributed by atoms with van der Waals surface area (Å²) < 4.78 is 10.4. The van der Waals surface area contributed by atoms with Crippen LogP contribution in [0.2, 0.25) is 0 Å². The fourth-order valence-electron chi connectivity index (χ4n) is 1.90. The number of thiocarbonyl (C=S) groups is 1. The second kappa shape index (κ2) is 7.83. The maximum absolute atomic E-state index is 12.2. The summed E-state index contributed by atoms with van der Waals surface area (Å²) in [5.74, 6) is 1.26. The fourth-order valence-corrected chi connectivity index (χ4v) is 1.98. The van der Waals surface area contributed by atoms with Crippen LogP contribution in [0.5, 0.6) is 11.5 Å². The Morgan fingerprint density at radius 2 is 1.95 bits per heavy atom. The maximum Gasteiger partial charge on any atom is 0.226 e. The van der Waals surface area contributed by atoms with E-state index >= 15 is 0 Å². The molecule has 0 saturated carbocycles. The molecule has 1 atom stereocenters.